The lowest BCUT2D eigenvalue weighted by atomic mass is 10.2. The van der Waals surface area contributed by atoms with Gasteiger partial charge < -0.3 is 9.64 Å². The summed E-state index contributed by atoms with van der Waals surface area (Å²) in [5.41, 5.74) is 1.81. The van der Waals surface area contributed by atoms with Crippen LogP contribution in [0.2, 0.25) is 0 Å². The van der Waals surface area contributed by atoms with Gasteiger partial charge in [-0.05, 0) is 52.5 Å². The Labute approximate surface area is 180 Å². The Morgan fingerprint density at radius 3 is 2.30 bits per heavy atom. The highest BCUT2D eigenvalue weighted by Gasteiger charge is 2.22. The zero-order valence-corrected chi connectivity index (χ0v) is 17.7. The molecule has 1 aliphatic heterocycles. The van der Waals surface area contributed by atoms with Crippen molar-refractivity contribution in [2.75, 3.05) is 33.3 Å². The van der Waals surface area contributed by atoms with Crippen LogP contribution in [0.15, 0.2) is 54.6 Å². The summed E-state index contributed by atoms with van der Waals surface area (Å²) in [7, 11) is 1.65. The zero-order valence-electron chi connectivity index (χ0n) is 16.8. The molecule has 0 unspecified atom stereocenters. The number of piperazine rings is 1. The van der Waals surface area contributed by atoms with Gasteiger partial charge in [-0.15, -0.1) is 0 Å². The third-order valence-corrected chi connectivity index (χ3v) is 5.62. The SMILES string of the molecule is COc1ccc(Cn2nnn(CN3CCN(C(=O)c4ccccc4)CC3)c2=S)cc1. The second-order valence-electron chi connectivity index (χ2n) is 7.18. The second kappa shape index (κ2) is 9.19. The summed E-state index contributed by atoms with van der Waals surface area (Å²) in [6.45, 7) is 4.02. The molecule has 9 heteroatoms. The molecule has 4 rings (SSSR count). The lowest BCUT2D eigenvalue weighted by molar-refractivity contribution is 0.0584. The minimum absolute atomic E-state index is 0.0808. The summed E-state index contributed by atoms with van der Waals surface area (Å²) in [6.07, 6.45) is 0. The van der Waals surface area contributed by atoms with Crippen molar-refractivity contribution >= 4 is 18.1 Å². The number of aromatic nitrogens is 4. The van der Waals surface area contributed by atoms with E-state index in [0.717, 1.165) is 30.0 Å². The van der Waals surface area contributed by atoms with Crippen molar-refractivity contribution in [2.45, 2.75) is 13.2 Å². The molecule has 0 bridgehead atoms. The number of ether oxygens (including phenoxy) is 1. The molecule has 0 N–H and O–H groups in total. The standard InChI is InChI=1S/C21H24N6O2S/c1-29-19-9-7-17(8-10-19)15-26-21(30)27(23-22-26)16-24-11-13-25(14-12-24)20(28)18-5-3-2-4-6-18/h2-10H,11-16H2,1H3. The number of benzene rings is 2. The van der Waals surface area contributed by atoms with Crippen molar-refractivity contribution < 1.29 is 9.53 Å². The van der Waals surface area contributed by atoms with Gasteiger partial charge in [0.25, 0.3) is 5.91 Å². The summed E-state index contributed by atoms with van der Waals surface area (Å²) < 4.78 is 9.21. The van der Waals surface area contributed by atoms with Gasteiger partial charge in [-0.3, -0.25) is 9.69 Å². The van der Waals surface area contributed by atoms with Crippen molar-refractivity contribution in [3.8, 4) is 5.75 Å². The summed E-state index contributed by atoms with van der Waals surface area (Å²) in [5, 5.41) is 8.42. The van der Waals surface area contributed by atoms with Crippen molar-refractivity contribution in [1.82, 2.24) is 29.6 Å². The molecule has 2 heterocycles. The molecular formula is C21H24N6O2S. The molecule has 0 atom stereocenters. The van der Waals surface area contributed by atoms with Gasteiger partial charge in [0, 0.05) is 31.7 Å². The van der Waals surface area contributed by atoms with Crippen LogP contribution >= 0.6 is 12.2 Å². The van der Waals surface area contributed by atoms with Gasteiger partial charge in [0.15, 0.2) is 0 Å². The summed E-state index contributed by atoms with van der Waals surface area (Å²) >= 11 is 5.56. The minimum atomic E-state index is 0.0808. The average molecular weight is 425 g/mol. The molecule has 1 aliphatic rings. The lowest BCUT2D eigenvalue weighted by Crippen LogP contribution is -2.49. The van der Waals surface area contributed by atoms with Crippen LogP contribution in [-0.2, 0) is 13.2 Å². The molecule has 2 aromatic carbocycles. The summed E-state index contributed by atoms with van der Waals surface area (Å²) in [5.74, 6) is 0.896. The van der Waals surface area contributed by atoms with Crippen LogP contribution in [0.25, 0.3) is 0 Å². The molecule has 1 saturated heterocycles. The molecule has 0 saturated carbocycles. The quantitative estimate of drug-likeness (QED) is 0.566. The van der Waals surface area contributed by atoms with E-state index in [2.05, 4.69) is 15.3 Å². The smallest absolute Gasteiger partial charge is 0.253 e. The maximum atomic E-state index is 12.6. The Morgan fingerprint density at radius 2 is 1.63 bits per heavy atom. The molecular weight excluding hydrogens is 400 g/mol. The largest absolute Gasteiger partial charge is 0.497 e. The van der Waals surface area contributed by atoms with E-state index in [9.17, 15) is 4.79 Å². The number of carbonyl (C=O) groups is 1. The Bertz CT molecular complexity index is 1040. The van der Waals surface area contributed by atoms with Crippen LogP contribution in [0, 0.1) is 4.77 Å². The Kier molecular flexibility index (Phi) is 6.20. The predicted octanol–water partition coefficient (Wildman–Crippen LogP) is 2.28. The molecule has 30 heavy (non-hydrogen) atoms. The fourth-order valence-corrected chi connectivity index (χ4v) is 3.64. The van der Waals surface area contributed by atoms with Crippen LogP contribution < -0.4 is 4.74 Å². The first-order valence-corrected chi connectivity index (χ1v) is 10.2. The minimum Gasteiger partial charge on any atom is -0.497 e. The van der Waals surface area contributed by atoms with Crippen molar-refractivity contribution in [3.63, 3.8) is 0 Å². The van der Waals surface area contributed by atoms with E-state index in [1.807, 2.05) is 59.5 Å². The lowest BCUT2D eigenvalue weighted by Gasteiger charge is -2.34. The van der Waals surface area contributed by atoms with E-state index < -0.39 is 0 Å². The van der Waals surface area contributed by atoms with E-state index in [4.69, 9.17) is 17.0 Å². The first-order chi connectivity index (χ1) is 14.6. The van der Waals surface area contributed by atoms with Gasteiger partial charge in [0.2, 0.25) is 4.77 Å². The Hall–Kier alpha value is -3.04. The summed E-state index contributed by atoms with van der Waals surface area (Å²) in [6, 6.07) is 17.2. The van der Waals surface area contributed by atoms with E-state index in [1.165, 1.54) is 0 Å². The van der Waals surface area contributed by atoms with Gasteiger partial charge in [-0.1, -0.05) is 30.3 Å². The number of methoxy groups -OCH3 is 1. The van der Waals surface area contributed by atoms with Crippen molar-refractivity contribution in [3.05, 3.63) is 70.5 Å². The normalized spacial score (nSPS) is 14.6. The number of carbonyl (C=O) groups excluding carboxylic acids is 1. The average Bonchev–Trinajstić information content (AvgIpc) is 3.14. The monoisotopic (exact) mass is 424 g/mol. The second-order valence-corrected chi connectivity index (χ2v) is 7.55. The van der Waals surface area contributed by atoms with E-state index in [1.54, 1.807) is 16.5 Å². The highest BCUT2D eigenvalue weighted by Crippen LogP contribution is 2.13. The molecule has 1 aromatic heterocycles. The molecule has 0 aliphatic carbocycles. The number of nitrogens with zero attached hydrogens (tertiary/aromatic N) is 6. The topological polar surface area (TPSA) is 68.4 Å². The van der Waals surface area contributed by atoms with Crippen LogP contribution in [0.5, 0.6) is 5.75 Å². The van der Waals surface area contributed by atoms with E-state index in [-0.39, 0.29) is 5.91 Å². The van der Waals surface area contributed by atoms with Crippen LogP contribution in [0.1, 0.15) is 15.9 Å². The van der Waals surface area contributed by atoms with Gasteiger partial charge >= 0.3 is 0 Å². The van der Waals surface area contributed by atoms with Crippen LogP contribution in [0.3, 0.4) is 0 Å². The third-order valence-electron chi connectivity index (χ3n) is 5.20. The first kappa shape index (κ1) is 20.2. The van der Waals surface area contributed by atoms with E-state index >= 15 is 0 Å². The predicted molar refractivity (Wildman–Crippen MR) is 115 cm³/mol. The van der Waals surface area contributed by atoms with Crippen LogP contribution in [-0.4, -0.2) is 68.8 Å². The molecule has 0 spiro atoms. The zero-order chi connectivity index (χ0) is 20.9. The fourth-order valence-electron chi connectivity index (χ4n) is 3.44. The highest BCUT2D eigenvalue weighted by atomic mass is 32.1. The molecule has 8 nitrogen and oxygen atoms in total. The van der Waals surface area contributed by atoms with Gasteiger partial charge in [-0.25, -0.2) is 9.36 Å². The number of hydrogen-bond acceptors (Lipinski definition) is 6. The third kappa shape index (κ3) is 4.58. The molecule has 1 amide bonds. The van der Waals surface area contributed by atoms with Crippen LogP contribution in [0.4, 0.5) is 0 Å². The van der Waals surface area contributed by atoms with Crippen molar-refractivity contribution in [2.24, 2.45) is 0 Å². The molecule has 0 radical (unpaired) electrons. The number of hydrogen-bond donors (Lipinski definition) is 0. The molecule has 1 fully saturated rings. The highest BCUT2D eigenvalue weighted by molar-refractivity contribution is 7.71. The molecule has 3 aromatic rings. The number of rotatable bonds is 6. The van der Waals surface area contributed by atoms with E-state index in [0.29, 0.717) is 31.1 Å². The van der Waals surface area contributed by atoms with Gasteiger partial charge in [0.1, 0.15) is 5.75 Å². The fraction of sp³-hybridized carbons (Fsp3) is 0.333. The summed E-state index contributed by atoms with van der Waals surface area (Å²) in [4.78, 5) is 16.7. The maximum Gasteiger partial charge on any atom is 0.253 e. The molecule has 156 valence electrons. The Morgan fingerprint density at radius 1 is 0.967 bits per heavy atom. The maximum absolute atomic E-state index is 12.6. The first-order valence-electron chi connectivity index (χ1n) is 9.84. The van der Waals surface area contributed by atoms with Gasteiger partial charge in [-0.2, -0.15) is 0 Å². The number of amides is 1. The Balaban J connectivity index is 1.33. The van der Waals surface area contributed by atoms with Gasteiger partial charge in [0.05, 0.1) is 20.3 Å². The number of tetrazole rings is 1. The van der Waals surface area contributed by atoms with Crippen molar-refractivity contribution in [1.29, 1.82) is 0 Å².